The summed E-state index contributed by atoms with van der Waals surface area (Å²) < 4.78 is 10.7. The highest BCUT2D eigenvalue weighted by molar-refractivity contribution is 7.80. The van der Waals surface area contributed by atoms with E-state index in [9.17, 15) is 0 Å². The molecular formula is C16H15Cl2NO2S. The second-order valence-corrected chi connectivity index (χ2v) is 5.79. The normalized spacial score (nSPS) is 10.2. The Labute approximate surface area is 145 Å². The van der Waals surface area contributed by atoms with E-state index in [4.69, 9.17) is 44.9 Å². The van der Waals surface area contributed by atoms with Crippen LogP contribution in [0.1, 0.15) is 11.1 Å². The number of ether oxygens (including phenoxy) is 2. The van der Waals surface area contributed by atoms with Crippen LogP contribution in [0.3, 0.4) is 0 Å². The summed E-state index contributed by atoms with van der Waals surface area (Å²) in [5.74, 6) is 0.604. The average Bonchev–Trinajstić information content (AvgIpc) is 2.48. The molecule has 0 unspecified atom stereocenters. The van der Waals surface area contributed by atoms with Gasteiger partial charge in [0.1, 0.15) is 12.4 Å². The smallest absolute Gasteiger partial charge is 0.260 e. The lowest BCUT2D eigenvalue weighted by Crippen LogP contribution is -2.13. The van der Waals surface area contributed by atoms with E-state index in [0.717, 1.165) is 16.8 Å². The Kier molecular flexibility index (Phi) is 5.89. The maximum absolute atomic E-state index is 6.25. The van der Waals surface area contributed by atoms with E-state index < -0.39 is 0 Å². The third-order valence-electron chi connectivity index (χ3n) is 3.00. The first-order valence-corrected chi connectivity index (χ1v) is 7.69. The molecule has 6 heteroatoms. The number of nitrogens with one attached hydrogen (secondary N) is 1. The van der Waals surface area contributed by atoms with Gasteiger partial charge in [-0.1, -0.05) is 35.3 Å². The van der Waals surface area contributed by atoms with E-state index in [1.165, 1.54) is 7.11 Å². The Bertz CT molecular complexity index is 692. The van der Waals surface area contributed by atoms with E-state index in [2.05, 4.69) is 5.32 Å². The second-order valence-electron chi connectivity index (χ2n) is 4.61. The van der Waals surface area contributed by atoms with Crippen molar-refractivity contribution in [3.05, 3.63) is 57.6 Å². The molecule has 22 heavy (non-hydrogen) atoms. The van der Waals surface area contributed by atoms with E-state index in [0.29, 0.717) is 15.8 Å². The van der Waals surface area contributed by atoms with Gasteiger partial charge in [0.05, 0.1) is 12.1 Å². The minimum absolute atomic E-state index is 0.261. The molecular weight excluding hydrogens is 341 g/mol. The zero-order chi connectivity index (χ0) is 16.1. The van der Waals surface area contributed by atoms with Crippen LogP contribution in [0.2, 0.25) is 10.0 Å². The lowest BCUT2D eigenvalue weighted by atomic mass is 10.2. The zero-order valence-corrected chi connectivity index (χ0v) is 14.5. The van der Waals surface area contributed by atoms with Crippen LogP contribution >= 0.6 is 35.4 Å². The van der Waals surface area contributed by atoms with Gasteiger partial charge in [-0.15, -0.1) is 0 Å². The summed E-state index contributed by atoms with van der Waals surface area (Å²) in [6, 6.07) is 11.1. The molecule has 2 aromatic rings. The topological polar surface area (TPSA) is 30.5 Å². The van der Waals surface area contributed by atoms with Crippen molar-refractivity contribution >= 4 is 46.3 Å². The fourth-order valence-corrected chi connectivity index (χ4v) is 2.48. The number of methoxy groups -OCH3 is 1. The van der Waals surface area contributed by atoms with E-state index in [1.54, 1.807) is 6.07 Å². The lowest BCUT2D eigenvalue weighted by molar-refractivity contribution is 0.307. The number of thiocarbonyl (C=S) groups is 1. The molecule has 0 aliphatic rings. The number of rotatable bonds is 4. The van der Waals surface area contributed by atoms with Gasteiger partial charge in [-0.3, -0.25) is 0 Å². The van der Waals surface area contributed by atoms with Crippen LogP contribution in [0, 0.1) is 6.92 Å². The number of hydrogen-bond donors (Lipinski definition) is 1. The molecule has 0 amide bonds. The first-order valence-electron chi connectivity index (χ1n) is 6.52. The number of hydrogen-bond acceptors (Lipinski definition) is 3. The van der Waals surface area contributed by atoms with Gasteiger partial charge in [0, 0.05) is 16.3 Å². The van der Waals surface area contributed by atoms with Crippen molar-refractivity contribution in [1.29, 1.82) is 0 Å². The minimum Gasteiger partial charge on any atom is -0.487 e. The Morgan fingerprint density at radius 3 is 2.64 bits per heavy atom. The highest BCUT2D eigenvalue weighted by Gasteiger charge is 2.11. The third-order valence-corrected chi connectivity index (χ3v) is 3.92. The van der Waals surface area contributed by atoms with Crippen LogP contribution in [-0.2, 0) is 11.3 Å². The molecule has 0 fully saturated rings. The molecule has 0 spiro atoms. The Morgan fingerprint density at radius 1 is 1.18 bits per heavy atom. The van der Waals surface area contributed by atoms with E-state index in [-0.39, 0.29) is 11.8 Å². The molecule has 0 saturated carbocycles. The van der Waals surface area contributed by atoms with Crippen LogP contribution in [-0.4, -0.2) is 12.3 Å². The van der Waals surface area contributed by atoms with Gasteiger partial charge in [0.15, 0.2) is 0 Å². The van der Waals surface area contributed by atoms with Gasteiger partial charge < -0.3 is 14.8 Å². The standard InChI is InChI=1S/C16H15Cl2NO2S/c1-10-6-7-15(13(18)8-10)21-9-11-12(17)4-3-5-14(11)19-16(22)20-2/h3-8H,9H2,1-2H3,(H,19,22). The van der Waals surface area contributed by atoms with Gasteiger partial charge >= 0.3 is 0 Å². The fourth-order valence-electron chi connectivity index (χ4n) is 1.86. The Hall–Kier alpha value is -1.49. The predicted octanol–water partition coefficient (Wildman–Crippen LogP) is 5.22. The fraction of sp³-hybridized carbons (Fsp3) is 0.188. The maximum Gasteiger partial charge on any atom is 0.260 e. The van der Waals surface area contributed by atoms with Crippen molar-refractivity contribution in [2.24, 2.45) is 0 Å². The van der Waals surface area contributed by atoms with Crippen LogP contribution in [0.5, 0.6) is 5.75 Å². The molecule has 116 valence electrons. The SMILES string of the molecule is COC(=S)Nc1cccc(Cl)c1COc1ccc(C)cc1Cl. The molecule has 0 bridgehead atoms. The zero-order valence-electron chi connectivity index (χ0n) is 12.2. The average molecular weight is 356 g/mol. The lowest BCUT2D eigenvalue weighted by Gasteiger charge is -2.15. The molecule has 0 aliphatic heterocycles. The number of anilines is 1. The van der Waals surface area contributed by atoms with Gasteiger partial charge in [-0.05, 0) is 49.0 Å². The van der Waals surface area contributed by atoms with Crippen LogP contribution in [0.15, 0.2) is 36.4 Å². The van der Waals surface area contributed by atoms with Crippen molar-refractivity contribution < 1.29 is 9.47 Å². The minimum atomic E-state index is 0.261. The summed E-state index contributed by atoms with van der Waals surface area (Å²) in [5, 5.41) is 4.37. The molecule has 0 aromatic heterocycles. The van der Waals surface area contributed by atoms with Gasteiger partial charge in [0.25, 0.3) is 5.17 Å². The summed E-state index contributed by atoms with van der Waals surface area (Å²) in [4.78, 5) is 0. The van der Waals surface area contributed by atoms with Crippen molar-refractivity contribution in [2.45, 2.75) is 13.5 Å². The van der Waals surface area contributed by atoms with Crippen molar-refractivity contribution in [1.82, 2.24) is 0 Å². The van der Waals surface area contributed by atoms with Crippen LogP contribution < -0.4 is 10.1 Å². The molecule has 0 atom stereocenters. The molecule has 2 rings (SSSR count). The molecule has 0 saturated heterocycles. The third kappa shape index (κ3) is 4.26. The molecule has 1 N–H and O–H groups in total. The van der Waals surface area contributed by atoms with Crippen molar-refractivity contribution in [2.75, 3.05) is 12.4 Å². The number of aryl methyl sites for hydroxylation is 1. The largest absolute Gasteiger partial charge is 0.487 e. The molecule has 0 heterocycles. The highest BCUT2D eigenvalue weighted by Crippen LogP contribution is 2.29. The van der Waals surface area contributed by atoms with E-state index in [1.807, 2.05) is 37.3 Å². The van der Waals surface area contributed by atoms with Gasteiger partial charge in [0.2, 0.25) is 0 Å². The van der Waals surface area contributed by atoms with Crippen molar-refractivity contribution in [3.63, 3.8) is 0 Å². The quantitative estimate of drug-likeness (QED) is 0.761. The van der Waals surface area contributed by atoms with Crippen LogP contribution in [0.4, 0.5) is 5.69 Å². The molecule has 3 nitrogen and oxygen atoms in total. The second kappa shape index (κ2) is 7.68. The summed E-state index contributed by atoms with van der Waals surface area (Å²) >= 11 is 17.4. The molecule has 0 radical (unpaired) electrons. The molecule has 2 aromatic carbocycles. The highest BCUT2D eigenvalue weighted by atomic mass is 35.5. The van der Waals surface area contributed by atoms with Gasteiger partial charge in [-0.25, -0.2) is 0 Å². The first-order chi connectivity index (χ1) is 10.5. The number of halogens is 2. The number of benzene rings is 2. The maximum atomic E-state index is 6.25. The Balaban J connectivity index is 2.19. The van der Waals surface area contributed by atoms with Gasteiger partial charge in [-0.2, -0.15) is 0 Å². The van der Waals surface area contributed by atoms with Crippen LogP contribution in [0.25, 0.3) is 0 Å². The first kappa shape index (κ1) is 16.9. The summed E-state index contributed by atoms with van der Waals surface area (Å²) in [5.41, 5.74) is 2.59. The summed E-state index contributed by atoms with van der Waals surface area (Å²) in [7, 11) is 1.50. The van der Waals surface area contributed by atoms with Crippen molar-refractivity contribution in [3.8, 4) is 5.75 Å². The summed E-state index contributed by atoms with van der Waals surface area (Å²) in [6.45, 7) is 2.23. The Morgan fingerprint density at radius 2 is 1.95 bits per heavy atom. The summed E-state index contributed by atoms with van der Waals surface area (Å²) in [6.07, 6.45) is 0. The predicted molar refractivity (Wildman–Crippen MR) is 95.2 cm³/mol. The monoisotopic (exact) mass is 355 g/mol. The molecule has 0 aliphatic carbocycles. The van der Waals surface area contributed by atoms with E-state index >= 15 is 0 Å².